The van der Waals surface area contributed by atoms with Crippen LogP contribution in [0.15, 0.2) is 6.20 Å². The minimum atomic E-state index is 0.608. The first-order chi connectivity index (χ1) is 8.26. The summed E-state index contributed by atoms with van der Waals surface area (Å²) in [6.45, 7) is 8.12. The second kappa shape index (κ2) is 5.83. The number of aromatic amines is 1. The van der Waals surface area contributed by atoms with Gasteiger partial charge in [0.2, 0.25) is 0 Å². The van der Waals surface area contributed by atoms with E-state index in [1.54, 1.807) is 0 Å². The van der Waals surface area contributed by atoms with E-state index in [1.807, 2.05) is 0 Å². The lowest BCUT2D eigenvalue weighted by atomic mass is 10.0. The number of rotatable bonds is 4. The highest BCUT2D eigenvalue weighted by Crippen LogP contribution is 2.24. The second-order valence-electron chi connectivity index (χ2n) is 4.88. The highest BCUT2D eigenvalue weighted by atomic mass is 32.1. The van der Waals surface area contributed by atoms with E-state index in [1.165, 1.54) is 44.6 Å². The van der Waals surface area contributed by atoms with Crippen molar-refractivity contribution in [1.82, 2.24) is 14.5 Å². The normalized spacial score (nSPS) is 18.7. The van der Waals surface area contributed by atoms with Crippen molar-refractivity contribution in [3.05, 3.63) is 16.7 Å². The van der Waals surface area contributed by atoms with Gasteiger partial charge in [-0.3, -0.25) is 0 Å². The summed E-state index contributed by atoms with van der Waals surface area (Å²) in [7, 11) is 0. The quantitative estimate of drug-likeness (QED) is 0.833. The molecule has 0 saturated carbocycles. The molecule has 1 aromatic heterocycles. The molecule has 1 aliphatic heterocycles. The minimum Gasteiger partial charge on any atom is -0.337 e. The number of H-pyrrole nitrogens is 1. The molecule has 2 heterocycles. The van der Waals surface area contributed by atoms with Gasteiger partial charge in [-0.05, 0) is 44.4 Å². The topological polar surface area (TPSA) is 24.0 Å². The van der Waals surface area contributed by atoms with Gasteiger partial charge in [0.05, 0.1) is 0 Å². The van der Waals surface area contributed by atoms with E-state index in [0.717, 1.165) is 11.2 Å². The predicted molar refractivity (Wildman–Crippen MR) is 74.0 cm³/mol. The lowest BCUT2D eigenvalue weighted by molar-refractivity contribution is 0.185. The molecule has 3 nitrogen and oxygen atoms in total. The van der Waals surface area contributed by atoms with Crippen LogP contribution in [0, 0.1) is 4.77 Å². The molecule has 0 aromatic carbocycles. The van der Waals surface area contributed by atoms with Gasteiger partial charge in [-0.25, -0.2) is 0 Å². The number of likely N-dealkylation sites (tertiary alicyclic amines) is 1. The van der Waals surface area contributed by atoms with Crippen molar-refractivity contribution in [1.29, 1.82) is 0 Å². The van der Waals surface area contributed by atoms with E-state index in [4.69, 9.17) is 12.2 Å². The molecule has 1 aromatic rings. The van der Waals surface area contributed by atoms with Gasteiger partial charge in [-0.15, -0.1) is 0 Å². The Morgan fingerprint density at radius 2 is 2.06 bits per heavy atom. The van der Waals surface area contributed by atoms with Gasteiger partial charge in [-0.2, -0.15) is 0 Å². The summed E-state index contributed by atoms with van der Waals surface area (Å²) in [6, 6.07) is 0.608. The zero-order valence-electron chi connectivity index (χ0n) is 10.9. The molecule has 17 heavy (non-hydrogen) atoms. The first-order valence-corrected chi connectivity index (χ1v) is 7.18. The molecule has 2 rings (SSSR count). The first kappa shape index (κ1) is 12.8. The molecule has 1 saturated heterocycles. The average Bonchev–Trinajstić information content (AvgIpc) is 2.72. The third-order valence-electron chi connectivity index (χ3n) is 3.71. The summed E-state index contributed by atoms with van der Waals surface area (Å²) in [5, 5.41) is 0. The highest BCUT2D eigenvalue weighted by Gasteiger charge is 2.21. The van der Waals surface area contributed by atoms with Crippen molar-refractivity contribution in [2.45, 2.75) is 45.6 Å². The molecule has 0 aliphatic carbocycles. The maximum absolute atomic E-state index is 5.39. The molecule has 0 radical (unpaired) electrons. The minimum absolute atomic E-state index is 0.608. The first-order valence-electron chi connectivity index (χ1n) is 6.77. The molecule has 0 unspecified atom stereocenters. The van der Waals surface area contributed by atoms with Crippen molar-refractivity contribution in [3.8, 4) is 0 Å². The molecular formula is C13H23N3S. The van der Waals surface area contributed by atoms with Gasteiger partial charge in [0.15, 0.2) is 4.77 Å². The number of aryl methyl sites for hydroxylation is 1. The maximum atomic E-state index is 5.39. The summed E-state index contributed by atoms with van der Waals surface area (Å²) in [5.74, 6) is 0. The summed E-state index contributed by atoms with van der Waals surface area (Å²) < 4.78 is 3.24. The van der Waals surface area contributed by atoms with Crippen LogP contribution < -0.4 is 0 Å². The van der Waals surface area contributed by atoms with Gasteiger partial charge < -0.3 is 14.5 Å². The summed E-state index contributed by atoms with van der Waals surface area (Å²) in [5.41, 5.74) is 1.35. The fourth-order valence-corrected chi connectivity index (χ4v) is 3.13. The van der Waals surface area contributed by atoms with Gasteiger partial charge >= 0.3 is 0 Å². The van der Waals surface area contributed by atoms with Crippen molar-refractivity contribution in [2.75, 3.05) is 19.6 Å². The number of hydrogen-bond donors (Lipinski definition) is 1. The summed E-state index contributed by atoms with van der Waals surface area (Å²) in [4.78, 5) is 5.75. The fourth-order valence-electron chi connectivity index (χ4n) is 2.80. The van der Waals surface area contributed by atoms with Crippen LogP contribution in [0.5, 0.6) is 0 Å². The van der Waals surface area contributed by atoms with Crippen molar-refractivity contribution < 1.29 is 0 Å². The Morgan fingerprint density at radius 3 is 2.65 bits per heavy atom. The number of nitrogens with one attached hydrogen (secondary N) is 1. The molecule has 0 spiro atoms. The fraction of sp³-hybridized carbons (Fsp3) is 0.769. The third kappa shape index (κ3) is 2.80. The lowest BCUT2D eigenvalue weighted by Crippen LogP contribution is -2.35. The maximum Gasteiger partial charge on any atom is 0.177 e. The molecule has 0 atom stereocenters. The monoisotopic (exact) mass is 253 g/mol. The molecule has 1 N–H and O–H groups in total. The van der Waals surface area contributed by atoms with Crippen LogP contribution in [0.3, 0.4) is 0 Å². The molecule has 0 amide bonds. The van der Waals surface area contributed by atoms with Gasteiger partial charge in [0.25, 0.3) is 0 Å². The highest BCUT2D eigenvalue weighted by molar-refractivity contribution is 7.71. The standard InChI is InChI=1S/C13H23N3S/c1-3-7-15-8-5-12(6-9-15)16-11(4-2)10-14-13(16)17/h10,12H,3-9H2,1-2H3,(H,14,17). The number of imidazole rings is 1. The zero-order valence-corrected chi connectivity index (χ0v) is 11.7. The van der Waals surface area contributed by atoms with E-state index in [-0.39, 0.29) is 0 Å². The summed E-state index contributed by atoms with van der Waals surface area (Å²) in [6.07, 6.45) is 6.86. The average molecular weight is 253 g/mol. The van der Waals surface area contributed by atoms with Gasteiger partial charge in [-0.1, -0.05) is 13.8 Å². The van der Waals surface area contributed by atoms with Crippen LogP contribution in [-0.4, -0.2) is 34.1 Å². The number of piperidine rings is 1. The second-order valence-corrected chi connectivity index (χ2v) is 5.27. The zero-order chi connectivity index (χ0) is 12.3. The largest absolute Gasteiger partial charge is 0.337 e. The number of hydrogen-bond acceptors (Lipinski definition) is 2. The smallest absolute Gasteiger partial charge is 0.177 e. The van der Waals surface area contributed by atoms with Crippen LogP contribution in [0.1, 0.15) is 44.8 Å². The van der Waals surface area contributed by atoms with Gasteiger partial charge in [0.1, 0.15) is 0 Å². The van der Waals surface area contributed by atoms with Crippen LogP contribution in [0.4, 0.5) is 0 Å². The molecule has 0 bridgehead atoms. The van der Waals surface area contributed by atoms with Gasteiger partial charge in [0, 0.05) is 31.0 Å². The van der Waals surface area contributed by atoms with E-state index >= 15 is 0 Å². The van der Waals surface area contributed by atoms with E-state index in [9.17, 15) is 0 Å². The molecular weight excluding hydrogens is 230 g/mol. The Balaban J connectivity index is 2.05. The Hall–Kier alpha value is -0.610. The predicted octanol–water partition coefficient (Wildman–Crippen LogP) is 3.15. The molecule has 4 heteroatoms. The van der Waals surface area contributed by atoms with E-state index < -0.39 is 0 Å². The van der Waals surface area contributed by atoms with Crippen LogP contribution in [0.25, 0.3) is 0 Å². The molecule has 1 fully saturated rings. The van der Waals surface area contributed by atoms with Crippen LogP contribution in [-0.2, 0) is 6.42 Å². The Labute approximate surface area is 109 Å². The SMILES string of the molecule is CCCN1CCC(n2c(CC)c[nH]c2=S)CC1. The van der Waals surface area contributed by atoms with Crippen LogP contribution in [0.2, 0.25) is 0 Å². The van der Waals surface area contributed by atoms with Crippen molar-refractivity contribution in [2.24, 2.45) is 0 Å². The Morgan fingerprint density at radius 1 is 1.35 bits per heavy atom. The number of aromatic nitrogens is 2. The molecule has 1 aliphatic rings. The summed E-state index contributed by atoms with van der Waals surface area (Å²) >= 11 is 5.39. The third-order valence-corrected chi connectivity index (χ3v) is 4.03. The Kier molecular flexibility index (Phi) is 4.40. The van der Waals surface area contributed by atoms with E-state index in [0.29, 0.717) is 6.04 Å². The number of nitrogens with zero attached hydrogens (tertiary/aromatic N) is 2. The van der Waals surface area contributed by atoms with Crippen molar-refractivity contribution in [3.63, 3.8) is 0 Å². The Bertz CT molecular complexity index is 399. The molecule has 96 valence electrons. The van der Waals surface area contributed by atoms with Crippen LogP contribution >= 0.6 is 12.2 Å². The van der Waals surface area contributed by atoms with E-state index in [2.05, 4.69) is 34.5 Å². The lowest BCUT2D eigenvalue weighted by Gasteiger charge is -2.33. The van der Waals surface area contributed by atoms with Crippen molar-refractivity contribution >= 4 is 12.2 Å².